The van der Waals surface area contributed by atoms with Gasteiger partial charge in [-0.2, -0.15) is 14.9 Å². The van der Waals surface area contributed by atoms with Crippen molar-refractivity contribution < 1.29 is 4.74 Å². The minimum atomic E-state index is -0.0430. The first-order valence-electron chi connectivity index (χ1n) is 9.97. The van der Waals surface area contributed by atoms with Gasteiger partial charge in [-0.15, -0.1) is 0 Å². The van der Waals surface area contributed by atoms with Crippen LogP contribution >= 0.6 is 12.2 Å². The van der Waals surface area contributed by atoms with E-state index in [2.05, 4.69) is 75.7 Å². The maximum absolute atomic E-state index is 5.72. The van der Waals surface area contributed by atoms with Gasteiger partial charge in [0.2, 0.25) is 4.77 Å². The smallest absolute Gasteiger partial charge is 0.216 e. The normalized spacial score (nSPS) is 16.5. The van der Waals surface area contributed by atoms with Crippen molar-refractivity contribution in [1.29, 1.82) is 0 Å². The fourth-order valence-corrected chi connectivity index (χ4v) is 3.68. The minimum Gasteiger partial charge on any atom is -0.370 e. The first-order valence-corrected chi connectivity index (χ1v) is 10.4. The maximum Gasteiger partial charge on any atom is 0.216 e. The zero-order valence-electron chi connectivity index (χ0n) is 16.5. The summed E-state index contributed by atoms with van der Waals surface area (Å²) in [5.74, 6) is 0.736. The summed E-state index contributed by atoms with van der Waals surface area (Å²) in [7, 11) is 0. The maximum atomic E-state index is 5.72. The lowest BCUT2D eigenvalue weighted by Gasteiger charge is -2.23. The molecule has 0 unspecified atom stereocenters. The number of benzene rings is 2. The van der Waals surface area contributed by atoms with Crippen molar-refractivity contribution >= 4 is 24.1 Å². The molecule has 1 fully saturated rings. The lowest BCUT2D eigenvalue weighted by molar-refractivity contribution is 0.102. The van der Waals surface area contributed by atoms with Crippen molar-refractivity contribution in [3.05, 3.63) is 76.3 Å². The Labute approximate surface area is 175 Å². The summed E-state index contributed by atoms with van der Waals surface area (Å²) < 4.78 is 7.85. The van der Waals surface area contributed by atoms with E-state index in [0.29, 0.717) is 4.77 Å². The minimum absolute atomic E-state index is 0.0430. The van der Waals surface area contributed by atoms with Crippen molar-refractivity contribution in [3.8, 4) is 0 Å². The molecule has 29 heavy (non-hydrogen) atoms. The van der Waals surface area contributed by atoms with Crippen LogP contribution in [0.3, 0.4) is 0 Å². The molecule has 7 heteroatoms. The van der Waals surface area contributed by atoms with Crippen LogP contribution in [-0.2, 0) is 11.3 Å². The molecule has 0 bridgehead atoms. The molecule has 1 N–H and O–H groups in total. The summed E-state index contributed by atoms with van der Waals surface area (Å²) in [6.45, 7) is 4.76. The largest absolute Gasteiger partial charge is 0.370 e. The number of aromatic nitrogens is 3. The van der Waals surface area contributed by atoms with Crippen LogP contribution in [0, 0.1) is 4.77 Å². The third kappa shape index (κ3) is 4.63. The lowest BCUT2D eigenvalue weighted by atomic mass is 10.1. The molecule has 2 aromatic carbocycles. The van der Waals surface area contributed by atoms with Crippen molar-refractivity contribution in [2.24, 2.45) is 5.10 Å². The van der Waals surface area contributed by atoms with E-state index in [0.717, 1.165) is 43.9 Å². The summed E-state index contributed by atoms with van der Waals surface area (Å²) in [5.41, 5.74) is 3.50. The van der Waals surface area contributed by atoms with E-state index in [-0.39, 0.29) is 6.10 Å². The Bertz CT molecular complexity index is 1000. The Balaban J connectivity index is 1.48. The van der Waals surface area contributed by atoms with Gasteiger partial charge >= 0.3 is 0 Å². The third-order valence-corrected chi connectivity index (χ3v) is 5.34. The summed E-state index contributed by atoms with van der Waals surface area (Å²) in [4.78, 5) is 2.35. The van der Waals surface area contributed by atoms with Gasteiger partial charge in [0.15, 0.2) is 5.82 Å². The molecule has 1 aliphatic heterocycles. The second-order valence-electron chi connectivity index (χ2n) is 7.04. The van der Waals surface area contributed by atoms with Crippen molar-refractivity contribution in [3.63, 3.8) is 0 Å². The molecule has 4 rings (SSSR count). The number of nitrogens with zero attached hydrogens (tertiary/aromatic N) is 4. The molecule has 1 saturated heterocycles. The molecule has 150 valence electrons. The monoisotopic (exact) mass is 407 g/mol. The van der Waals surface area contributed by atoms with E-state index >= 15 is 0 Å². The molecule has 3 aromatic rings. The van der Waals surface area contributed by atoms with Crippen LogP contribution in [-0.4, -0.2) is 34.2 Å². The average Bonchev–Trinajstić information content (AvgIpc) is 3.41. The van der Waals surface area contributed by atoms with Crippen LogP contribution in [0.15, 0.2) is 59.7 Å². The molecule has 2 heterocycles. The van der Waals surface area contributed by atoms with Gasteiger partial charge in [0.25, 0.3) is 0 Å². The van der Waals surface area contributed by atoms with Crippen LogP contribution in [0.4, 0.5) is 5.69 Å². The fraction of sp³-hybridized carbons (Fsp3) is 0.318. The number of ether oxygens (including phenoxy) is 1. The zero-order chi connectivity index (χ0) is 20.1. The average molecular weight is 408 g/mol. The Kier molecular flexibility index (Phi) is 6.17. The Morgan fingerprint density at radius 2 is 2.03 bits per heavy atom. The lowest BCUT2D eigenvalue weighted by Crippen LogP contribution is -2.21. The van der Waals surface area contributed by atoms with Crippen molar-refractivity contribution in [2.45, 2.75) is 32.4 Å². The van der Waals surface area contributed by atoms with E-state index < -0.39 is 0 Å². The van der Waals surface area contributed by atoms with Gasteiger partial charge in [0.1, 0.15) is 6.10 Å². The molecule has 0 aliphatic carbocycles. The van der Waals surface area contributed by atoms with Crippen LogP contribution in [0.1, 0.15) is 42.8 Å². The van der Waals surface area contributed by atoms with Crippen molar-refractivity contribution in [1.82, 2.24) is 14.9 Å². The van der Waals surface area contributed by atoms with E-state index in [9.17, 15) is 0 Å². The molecule has 0 saturated carbocycles. The van der Waals surface area contributed by atoms with Gasteiger partial charge in [0.05, 0.1) is 6.21 Å². The first-order chi connectivity index (χ1) is 14.2. The van der Waals surface area contributed by atoms with E-state index in [1.165, 1.54) is 11.3 Å². The van der Waals surface area contributed by atoms with Crippen LogP contribution < -0.4 is 4.90 Å². The van der Waals surface area contributed by atoms with Crippen molar-refractivity contribution in [2.75, 3.05) is 18.1 Å². The highest BCUT2D eigenvalue weighted by Gasteiger charge is 2.23. The number of H-pyrrole nitrogens is 1. The topological polar surface area (TPSA) is 58.4 Å². The fourth-order valence-electron chi connectivity index (χ4n) is 3.49. The third-order valence-electron chi connectivity index (χ3n) is 5.07. The highest BCUT2D eigenvalue weighted by molar-refractivity contribution is 7.71. The second-order valence-corrected chi connectivity index (χ2v) is 7.42. The number of hydrogen-bond donors (Lipinski definition) is 1. The highest BCUT2D eigenvalue weighted by Crippen LogP contribution is 2.27. The van der Waals surface area contributed by atoms with Crippen LogP contribution in [0.25, 0.3) is 0 Å². The Morgan fingerprint density at radius 1 is 1.24 bits per heavy atom. The molecule has 0 radical (unpaired) electrons. The van der Waals surface area contributed by atoms with Gasteiger partial charge in [-0.1, -0.05) is 42.5 Å². The number of anilines is 1. The highest BCUT2D eigenvalue weighted by atomic mass is 32.1. The Morgan fingerprint density at radius 3 is 2.72 bits per heavy atom. The second kappa shape index (κ2) is 9.15. The summed E-state index contributed by atoms with van der Waals surface area (Å²) >= 11 is 5.33. The number of nitrogens with one attached hydrogen (secondary N) is 1. The molecule has 1 aromatic heterocycles. The standard InChI is InChI=1S/C22H25N5OS/c1-2-26(16-18-7-4-3-5-8-18)19-12-10-17(11-13-19)15-23-27-21(24-25-22(27)29)20-9-6-14-28-20/h3-5,7-8,10-13,15,20H,2,6,9,14,16H2,1H3,(H,25,29)/b23-15-/t20-/m1/s1. The van der Waals surface area contributed by atoms with Gasteiger partial charge in [-0.25, -0.2) is 0 Å². The van der Waals surface area contributed by atoms with E-state index in [1.807, 2.05) is 6.07 Å². The van der Waals surface area contributed by atoms with Crippen LogP contribution in [0.5, 0.6) is 0 Å². The summed E-state index contributed by atoms with van der Waals surface area (Å²) in [6.07, 6.45) is 3.74. The summed E-state index contributed by atoms with van der Waals surface area (Å²) in [5, 5.41) is 11.7. The predicted molar refractivity (Wildman–Crippen MR) is 118 cm³/mol. The number of hydrogen-bond acceptors (Lipinski definition) is 5. The molecule has 0 spiro atoms. The number of rotatable bonds is 7. The summed E-state index contributed by atoms with van der Waals surface area (Å²) in [6, 6.07) is 18.9. The van der Waals surface area contributed by atoms with Gasteiger partial charge in [0, 0.05) is 25.4 Å². The Hall–Kier alpha value is -2.77. The van der Waals surface area contributed by atoms with Gasteiger partial charge in [-0.05, 0) is 55.2 Å². The number of aromatic amines is 1. The molecule has 1 aliphatic rings. The molecule has 6 nitrogen and oxygen atoms in total. The molecule has 0 amide bonds. The zero-order valence-corrected chi connectivity index (χ0v) is 17.3. The van der Waals surface area contributed by atoms with Crippen LogP contribution in [0.2, 0.25) is 0 Å². The SMILES string of the molecule is CCN(Cc1ccccc1)c1ccc(/C=N\n2c([C@H]3CCCO3)n[nH]c2=S)cc1. The quantitative estimate of drug-likeness (QED) is 0.456. The molecule has 1 atom stereocenters. The first kappa shape index (κ1) is 19.5. The predicted octanol–water partition coefficient (Wildman–Crippen LogP) is 4.70. The van der Waals surface area contributed by atoms with Gasteiger partial charge in [-0.3, -0.25) is 5.10 Å². The van der Waals surface area contributed by atoms with E-state index in [4.69, 9.17) is 17.0 Å². The molecular weight excluding hydrogens is 382 g/mol. The molecular formula is C22H25N5OS. The van der Waals surface area contributed by atoms with Gasteiger partial charge < -0.3 is 9.64 Å². The van der Waals surface area contributed by atoms with E-state index in [1.54, 1.807) is 10.9 Å².